The molecule has 2 heterocycles. The molecule has 2 fully saturated rings. The van der Waals surface area contributed by atoms with Gasteiger partial charge >= 0.3 is 5.97 Å². The van der Waals surface area contributed by atoms with Gasteiger partial charge in [0.2, 0.25) is 0 Å². The van der Waals surface area contributed by atoms with Crippen LogP contribution in [0.5, 0.6) is 0 Å². The molecule has 0 amide bonds. The Morgan fingerprint density at radius 2 is 2.00 bits per heavy atom. The minimum Gasteiger partial charge on any atom is -0.462 e. The zero-order valence-electron chi connectivity index (χ0n) is 9.27. The Morgan fingerprint density at radius 1 is 1.18 bits per heavy atom. The molecular weight excluding hydrogens is 240 g/mol. The molecule has 90 valence electrons. The fourth-order valence-electron chi connectivity index (χ4n) is 2.56. The van der Waals surface area contributed by atoms with Gasteiger partial charge in [0.1, 0.15) is 6.10 Å². The molecule has 0 N–H and O–H groups in total. The molecule has 3 nitrogen and oxygen atoms in total. The van der Waals surface area contributed by atoms with Gasteiger partial charge in [-0.05, 0) is 11.6 Å². The molecule has 3 rings (SSSR count). The van der Waals surface area contributed by atoms with Crippen molar-refractivity contribution in [2.45, 2.75) is 37.6 Å². The van der Waals surface area contributed by atoms with Gasteiger partial charge in [0.15, 0.2) is 0 Å². The number of benzene rings is 1. The molecule has 2 saturated heterocycles. The van der Waals surface area contributed by atoms with Crippen molar-refractivity contribution < 1.29 is 14.3 Å². The van der Waals surface area contributed by atoms with Crippen molar-refractivity contribution in [3.05, 3.63) is 34.9 Å². The lowest BCUT2D eigenvalue weighted by Crippen LogP contribution is -2.40. The van der Waals surface area contributed by atoms with Gasteiger partial charge in [-0.15, -0.1) is 0 Å². The third-order valence-electron chi connectivity index (χ3n) is 3.30. The highest BCUT2D eigenvalue weighted by molar-refractivity contribution is 6.31. The topological polar surface area (TPSA) is 35.5 Å². The summed E-state index contributed by atoms with van der Waals surface area (Å²) < 4.78 is 11.2. The fraction of sp³-hybridized carbons (Fsp3) is 0.462. The Bertz CT molecular complexity index is 430. The molecule has 1 aromatic carbocycles. The van der Waals surface area contributed by atoms with E-state index in [1.165, 1.54) is 0 Å². The standard InChI is InChI=1S/C13H13ClO3/c14-11-4-2-1-3-10(11)12-6-8-5-9(16-12)7-13(15)17-8/h1-4,8-9,12H,5-7H2/t8-,9-,12+/m1/s1. The number of carbonyl (C=O) groups is 1. The predicted octanol–water partition coefficient (Wildman–Crippen LogP) is 2.88. The van der Waals surface area contributed by atoms with Crippen molar-refractivity contribution in [1.29, 1.82) is 0 Å². The van der Waals surface area contributed by atoms with Crippen LogP contribution in [-0.2, 0) is 14.3 Å². The van der Waals surface area contributed by atoms with E-state index in [0.29, 0.717) is 17.9 Å². The molecule has 0 saturated carbocycles. The van der Waals surface area contributed by atoms with Crippen LogP contribution in [0.25, 0.3) is 0 Å². The second kappa shape index (κ2) is 4.31. The van der Waals surface area contributed by atoms with E-state index in [2.05, 4.69) is 0 Å². The van der Waals surface area contributed by atoms with Gasteiger partial charge in [-0.1, -0.05) is 29.8 Å². The van der Waals surface area contributed by atoms with Crippen LogP contribution in [0.4, 0.5) is 0 Å². The van der Waals surface area contributed by atoms with E-state index in [4.69, 9.17) is 21.1 Å². The molecule has 2 bridgehead atoms. The van der Waals surface area contributed by atoms with Gasteiger partial charge in [0.25, 0.3) is 0 Å². The number of ether oxygens (including phenoxy) is 2. The zero-order chi connectivity index (χ0) is 11.8. The number of carbonyl (C=O) groups excluding carboxylic acids is 1. The van der Waals surface area contributed by atoms with Gasteiger partial charge in [-0.3, -0.25) is 4.79 Å². The van der Waals surface area contributed by atoms with Crippen LogP contribution in [0.2, 0.25) is 5.02 Å². The maximum atomic E-state index is 11.3. The summed E-state index contributed by atoms with van der Waals surface area (Å²) in [6.45, 7) is 0. The van der Waals surface area contributed by atoms with Crippen molar-refractivity contribution in [2.75, 3.05) is 0 Å². The molecule has 0 radical (unpaired) electrons. The van der Waals surface area contributed by atoms with Crippen molar-refractivity contribution in [3.63, 3.8) is 0 Å². The molecule has 0 spiro atoms. The quantitative estimate of drug-likeness (QED) is 0.721. The molecule has 2 aliphatic heterocycles. The summed E-state index contributed by atoms with van der Waals surface area (Å²) in [5.41, 5.74) is 0.988. The number of hydrogen-bond donors (Lipinski definition) is 0. The summed E-state index contributed by atoms with van der Waals surface area (Å²) in [6, 6.07) is 7.67. The van der Waals surface area contributed by atoms with Gasteiger partial charge in [-0.2, -0.15) is 0 Å². The highest BCUT2D eigenvalue weighted by atomic mass is 35.5. The minimum absolute atomic E-state index is 0.0173. The molecule has 17 heavy (non-hydrogen) atoms. The predicted molar refractivity (Wildman–Crippen MR) is 62.8 cm³/mol. The molecule has 0 aromatic heterocycles. The van der Waals surface area contributed by atoms with Crippen molar-refractivity contribution in [1.82, 2.24) is 0 Å². The number of fused-ring (bicyclic) bond motifs is 2. The van der Waals surface area contributed by atoms with Gasteiger partial charge in [-0.25, -0.2) is 0 Å². The van der Waals surface area contributed by atoms with Crippen LogP contribution < -0.4 is 0 Å². The van der Waals surface area contributed by atoms with Crippen molar-refractivity contribution in [2.24, 2.45) is 0 Å². The van der Waals surface area contributed by atoms with E-state index < -0.39 is 0 Å². The zero-order valence-corrected chi connectivity index (χ0v) is 10.0. The summed E-state index contributed by atoms with van der Waals surface area (Å²) >= 11 is 6.16. The van der Waals surface area contributed by atoms with Crippen LogP contribution in [0, 0.1) is 0 Å². The SMILES string of the molecule is O=C1C[C@H]2C[C@H](C[C@@H](c3ccccc3Cl)O2)O1. The molecule has 0 aliphatic carbocycles. The normalized spacial score (nSPS) is 32.1. The third kappa shape index (κ3) is 2.17. The first-order valence-corrected chi connectivity index (χ1v) is 6.19. The number of halogens is 1. The first-order valence-electron chi connectivity index (χ1n) is 5.82. The molecule has 2 aliphatic rings. The average molecular weight is 253 g/mol. The monoisotopic (exact) mass is 252 g/mol. The largest absolute Gasteiger partial charge is 0.462 e. The Balaban J connectivity index is 1.83. The average Bonchev–Trinajstić information content (AvgIpc) is 2.27. The first-order chi connectivity index (χ1) is 8.22. The van der Waals surface area contributed by atoms with Crippen LogP contribution in [0.15, 0.2) is 24.3 Å². The number of rotatable bonds is 1. The fourth-order valence-corrected chi connectivity index (χ4v) is 2.81. The molecule has 4 heteroatoms. The lowest BCUT2D eigenvalue weighted by molar-refractivity contribution is -0.184. The summed E-state index contributed by atoms with van der Waals surface area (Å²) in [6.07, 6.45) is 1.78. The minimum atomic E-state index is -0.149. The highest BCUT2D eigenvalue weighted by Crippen LogP contribution is 2.39. The van der Waals surface area contributed by atoms with Gasteiger partial charge in [0.05, 0.1) is 18.6 Å². The Hall–Kier alpha value is -1.06. The van der Waals surface area contributed by atoms with Crippen LogP contribution >= 0.6 is 11.6 Å². The maximum absolute atomic E-state index is 11.3. The first kappa shape index (κ1) is 11.1. The van der Waals surface area contributed by atoms with Gasteiger partial charge in [0, 0.05) is 17.9 Å². The molecule has 1 aromatic rings. The van der Waals surface area contributed by atoms with E-state index in [1.807, 2.05) is 24.3 Å². The summed E-state index contributed by atoms with van der Waals surface area (Å²) in [4.78, 5) is 11.3. The van der Waals surface area contributed by atoms with Crippen LogP contribution in [0.1, 0.15) is 30.9 Å². The number of esters is 1. The van der Waals surface area contributed by atoms with Crippen molar-refractivity contribution >= 4 is 17.6 Å². The van der Waals surface area contributed by atoms with E-state index in [-0.39, 0.29) is 24.3 Å². The van der Waals surface area contributed by atoms with Crippen LogP contribution in [-0.4, -0.2) is 18.2 Å². The smallest absolute Gasteiger partial charge is 0.308 e. The maximum Gasteiger partial charge on any atom is 0.308 e. The lowest BCUT2D eigenvalue weighted by atomic mass is 9.93. The Labute approximate surface area is 105 Å². The van der Waals surface area contributed by atoms with Crippen LogP contribution in [0.3, 0.4) is 0 Å². The Morgan fingerprint density at radius 3 is 2.76 bits per heavy atom. The lowest BCUT2D eigenvalue weighted by Gasteiger charge is -2.38. The second-order valence-corrected chi connectivity index (χ2v) is 4.96. The van der Waals surface area contributed by atoms with E-state index in [9.17, 15) is 4.79 Å². The molecule has 0 unspecified atom stereocenters. The molecular formula is C13H13ClO3. The van der Waals surface area contributed by atoms with E-state index >= 15 is 0 Å². The summed E-state index contributed by atoms with van der Waals surface area (Å²) in [7, 11) is 0. The van der Waals surface area contributed by atoms with E-state index in [1.54, 1.807) is 0 Å². The van der Waals surface area contributed by atoms with Gasteiger partial charge < -0.3 is 9.47 Å². The third-order valence-corrected chi connectivity index (χ3v) is 3.65. The summed E-state index contributed by atoms with van der Waals surface area (Å²) in [5, 5.41) is 0.712. The second-order valence-electron chi connectivity index (χ2n) is 4.56. The van der Waals surface area contributed by atoms with E-state index in [0.717, 1.165) is 12.0 Å². The van der Waals surface area contributed by atoms with Crippen molar-refractivity contribution in [3.8, 4) is 0 Å². The number of hydrogen-bond acceptors (Lipinski definition) is 3. The highest BCUT2D eigenvalue weighted by Gasteiger charge is 2.38. The molecule has 3 atom stereocenters. The Kier molecular flexibility index (Phi) is 2.81. The summed E-state index contributed by atoms with van der Waals surface area (Å²) in [5.74, 6) is -0.149.